The fourth-order valence-electron chi connectivity index (χ4n) is 1.67. The van der Waals surface area contributed by atoms with Gasteiger partial charge in [-0.05, 0) is 31.8 Å². The number of phenols is 1. The van der Waals surface area contributed by atoms with Crippen LogP contribution in [0, 0.1) is 0 Å². The van der Waals surface area contributed by atoms with Crippen molar-refractivity contribution in [1.29, 1.82) is 0 Å². The first-order valence-corrected chi connectivity index (χ1v) is 5.94. The van der Waals surface area contributed by atoms with Gasteiger partial charge < -0.3 is 25.2 Å². The van der Waals surface area contributed by atoms with Crippen molar-refractivity contribution in [3.63, 3.8) is 0 Å². The van der Waals surface area contributed by atoms with E-state index in [9.17, 15) is 10.2 Å². The van der Waals surface area contributed by atoms with Crippen molar-refractivity contribution >= 4 is 0 Å². The predicted molar refractivity (Wildman–Crippen MR) is 71.0 cm³/mol. The third-order valence-corrected chi connectivity index (χ3v) is 2.74. The van der Waals surface area contributed by atoms with E-state index in [2.05, 4.69) is 10.2 Å². The number of ether oxygens (including phenoxy) is 1. The van der Waals surface area contributed by atoms with Crippen molar-refractivity contribution in [2.45, 2.75) is 6.04 Å². The minimum atomic E-state index is -0.179. The Hall–Kier alpha value is -1.30. The van der Waals surface area contributed by atoms with E-state index >= 15 is 0 Å². The van der Waals surface area contributed by atoms with Crippen LogP contribution in [0.1, 0.15) is 11.6 Å². The van der Waals surface area contributed by atoms with Gasteiger partial charge in [-0.1, -0.05) is 6.07 Å². The highest BCUT2D eigenvalue weighted by molar-refractivity contribution is 5.42. The molecule has 1 atom stereocenters. The van der Waals surface area contributed by atoms with E-state index in [1.165, 1.54) is 7.11 Å². The zero-order chi connectivity index (χ0) is 13.5. The summed E-state index contributed by atoms with van der Waals surface area (Å²) in [6, 6.07) is 4.97. The van der Waals surface area contributed by atoms with Gasteiger partial charge in [0.05, 0.1) is 19.8 Å². The Morgan fingerprint density at radius 3 is 2.61 bits per heavy atom. The normalized spacial score (nSPS) is 12.7. The third-order valence-electron chi connectivity index (χ3n) is 2.74. The molecule has 1 aromatic carbocycles. The van der Waals surface area contributed by atoms with Crippen LogP contribution in [0.2, 0.25) is 0 Å². The lowest BCUT2D eigenvalue weighted by atomic mass is 10.1. The number of hydrogen-bond acceptors (Lipinski definition) is 5. The van der Waals surface area contributed by atoms with Gasteiger partial charge in [0, 0.05) is 13.1 Å². The van der Waals surface area contributed by atoms with Gasteiger partial charge in [0.2, 0.25) is 0 Å². The molecule has 0 fully saturated rings. The van der Waals surface area contributed by atoms with Crippen LogP contribution >= 0.6 is 0 Å². The number of nitrogens with zero attached hydrogens (tertiary/aromatic N) is 1. The second kappa shape index (κ2) is 7.20. The SMILES string of the molecule is COc1ccc(C(CO)NCCN(C)C)cc1O. The van der Waals surface area contributed by atoms with Gasteiger partial charge in [-0.25, -0.2) is 0 Å². The van der Waals surface area contributed by atoms with E-state index in [0.717, 1.165) is 18.7 Å². The molecule has 3 N–H and O–H groups in total. The molecule has 0 aromatic heterocycles. The topological polar surface area (TPSA) is 65.0 Å². The minimum absolute atomic E-state index is 0.0147. The van der Waals surface area contributed by atoms with Gasteiger partial charge in [-0.15, -0.1) is 0 Å². The molecule has 0 aliphatic carbocycles. The molecule has 18 heavy (non-hydrogen) atoms. The van der Waals surface area contributed by atoms with Gasteiger partial charge in [0.15, 0.2) is 11.5 Å². The van der Waals surface area contributed by atoms with Gasteiger partial charge in [0.1, 0.15) is 0 Å². The fraction of sp³-hybridized carbons (Fsp3) is 0.538. The molecule has 0 aliphatic rings. The molecular weight excluding hydrogens is 232 g/mol. The number of benzene rings is 1. The molecule has 1 unspecified atom stereocenters. The van der Waals surface area contributed by atoms with Crippen molar-refractivity contribution in [1.82, 2.24) is 10.2 Å². The van der Waals surface area contributed by atoms with Crippen LogP contribution in [-0.2, 0) is 0 Å². The van der Waals surface area contributed by atoms with E-state index in [-0.39, 0.29) is 18.4 Å². The summed E-state index contributed by atoms with van der Waals surface area (Å²) >= 11 is 0. The maximum atomic E-state index is 9.71. The number of nitrogens with one attached hydrogen (secondary N) is 1. The first-order chi connectivity index (χ1) is 8.58. The van der Waals surface area contributed by atoms with Crippen LogP contribution in [0.3, 0.4) is 0 Å². The maximum Gasteiger partial charge on any atom is 0.160 e. The zero-order valence-electron chi connectivity index (χ0n) is 11.2. The number of aliphatic hydroxyl groups is 1. The maximum absolute atomic E-state index is 9.71. The smallest absolute Gasteiger partial charge is 0.160 e. The first-order valence-electron chi connectivity index (χ1n) is 5.94. The molecule has 0 heterocycles. The molecule has 1 aromatic rings. The van der Waals surface area contributed by atoms with E-state index in [4.69, 9.17) is 4.74 Å². The highest BCUT2D eigenvalue weighted by Crippen LogP contribution is 2.28. The summed E-state index contributed by atoms with van der Waals surface area (Å²) in [4.78, 5) is 2.06. The Labute approximate surface area is 108 Å². The number of aromatic hydroxyl groups is 1. The predicted octanol–water partition coefficient (Wildman–Crippen LogP) is 0.585. The van der Waals surface area contributed by atoms with E-state index in [0.29, 0.717) is 5.75 Å². The molecule has 5 nitrogen and oxygen atoms in total. The van der Waals surface area contributed by atoms with Gasteiger partial charge >= 0.3 is 0 Å². The van der Waals surface area contributed by atoms with Gasteiger partial charge in [0.25, 0.3) is 0 Å². The Kier molecular flexibility index (Phi) is 5.91. The van der Waals surface area contributed by atoms with Crippen molar-refractivity contribution in [2.75, 3.05) is 40.9 Å². The summed E-state index contributed by atoms with van der Waals surface area (Å²) in [5.74, 6) is 0.520. The van der Waals surface area contributed by atoms with Crippen molar-refractivity contribution < 1.29 is 14.9 Å². The van der Waals surface area contributed by atoms with Crippen LogP contribution in [0.25, 0.3) is 0 Å². The number of phenolic OH excluding ortho intramolecular Hbond substituents is 1. The van der Waals surface area contributed by atoms with E-state index in [1.54, 1.807) is 12.1 Å². The van der Waals surface area contributed by atoms with Crippen LogP contribution in [0.5, 0.6) is 11.5 Å². The van der Waals surface area contributed by atoms with Crippen molar-refractivity contribution in [2.24, 2.45) is 0 Å². The van der Waals surface area contributed by atoms with E-state index < -0.39 is 0 Å². The Bertz CT molecular complexity index is 369. The molecule has 0 radical (unpaired) electrons. The summed E-state index contributed by atoms with van der Waals surface area (Å²) in [6.07, 6.45) is 0. The van der Waals surface area contributed by atoms with Crippen LogP contribution in [0.15, 0.2) is 18.2 Å². The summed E-state index contributed by atoms with van der Waals surface area (Å²) in [5.41, 5.74) is 0.842. The number of likely N-dealkylation sites (N-methyl/N-ethyl adjacent to an activating group) is 1. The number of methoxy groups -OCH3 is 1. The van der Waals surface area contributed by atoms with Crippen LogP contribution in [0.4, 0.5) is 0 Å². The average Bonchev–Trinajstić information content (AvgIpc) is 2.34. The van der Waals surface area contributed by atoms with Gasteiger partial charge in [-0.3, -0.25) is 0 Å². The molecule has 0 aliphatic heterocycles. The minimum Gasteiger partial charge on any atom is -0.504 e. The second-order valence-corrected chi connectivity index (χ2v) is 4.42. The quantitative estimate of drug-likeness (QED) is 0.664. The molecule has 1 rings (SSSR count). The average molecular weight is 254 g/mol. The summed E-state index contributed by atoms with van der Waals surface area (Å²) in [5, 5.41) is 22.3. The standard InChI is InChI=1S/C13H22N2O3/c1-15(2)7-6-14-11(9-16)10-4-5-13(18-3)12(17)8-10/h4-5,8,11,14,16-17H,6-7,9H2,1-3H3. The zero-order valence-corrected chi connectivity index (χ0v) is 11.2. The number of rotatable bonds is 7. The van der Waals surface area contributed by atoms with Gasteiger partial charge in [-0.2, -0.15) is 0 Å². The van der Waals surface area contributed by atoms with Crippen LogP contribution < -0.4 is 10.1 Å². The molecular formula is C13H22N2O3. The molecule has 0 saturated heterocycles. The Balaban J connectivity index is 2.67. The first kappa shape index (κ1) is 14.8. The highest BCUT2D eigenvalue weighted by Gasteiger charge is 2.12. The summed E-state index contributed by atoms with van der Waals surface area (Å²) < 4.78 is 4.99. The monoisotopic (exact) mass is 254 g/mol. The van der Waals surface area contributed by atoms with E-state index in [1.807, 2.05) is 20.2 Å². The third kappa shape index (κ3) is 4.18. The molecule has 102 valence electrons. The molecule has 0 saturated carbocycles. The largest absolute Gasteiger partial charge is 0.504 e. The second-order valence-electron chi connectivity index (χ2n) is 4.42. The Morgan fingerprint density at radius 1 is 1.39 bits per heavy atom. The van der Waals surface area contributed by atoms with Crippen LogP contribution in [-0.4, -0.2) is 56.0 Å². The molecule has 5 heteroatoms. The Morgan fingerprint density at radius 2 is 2.11 bits per heavy atom. The fourth-order valence-corrected chi connectivity index (χ4v) is 1.67. The van der Waals surface area contributed by atoms with Crippen molar-refractivity contribution in [3.8, 4) is 11.5 Å². The molecule has 0 amide bonds. The summed E-state index contributed by atoms with van der Waals surface area (Å²) in [6.45, 7) is 1.64. The number of hydrogen-bond donors (Lipinski definition) is 3. The lowest BCUT2D eigenvalue weighted by Gasteiger charge is -2.19. The lowest BCUT2D eigenvalue weighted by molar-refractivity contribution is 0.240. The molecule has 0 spiro atoms. The molecule has 0 bridgehead atoms. The number of aliphatic hydroxyl groups excluding tert-OH is 1. The summed E-state index contributed by atoms with van der Waals surface area (Å²) in [7, 11) is 5.50. The lowest BCUT2D eigenvalue weighted by Crippen LogP contribution is -2.31. The van der Waals surface area contributed by atoms with Crippen molar-refractivity contribution in [3.05, 3.63) is 23.8 Å². The highest BCUT2D eigenvalue weighted by atomic mass is 16.5.